The lowest BCUT2D eigenvalue weighted by Gasteiger charge is -2.49. The Bertz CT molecular complexity index is 811. The standard InChI is InChI=1S/C24H32O4/c1-5-23(13-27-14-23)21(25-3)19-12-11-17-9-7-8-10-18(17)20(19)22(26-4)24(6-2)15-28-16-24/h7-12,21-22H,5-6,13-16H2,1-4H3. The molecule has 0 saturated carbocycles. The Labute approximate surface area is 168 Å². The van der Waals surface area contributed by atoms with Crippen molar-refractivity contribution >= 4 is 10.8 Å². The molecule has 2 saturated heterocycles. The SMILES string of the molecule is CCC1(C(OC)c2ccc3ccccc3c2C(OC)C2(CC)COC2)COC1. The molecule has 2 aliphatic rings. The van der Waals surface area contributed by atoms with Crippen molar-refractivity contribution in [1.29, 1.82) is 0 Å². The lowest BCUT2D eigenvalue weighted by Crippen LogP contribution is -2.49. The highest BCUT2D eigenvalue weighted by Crippen LogP contribution is 2.53. The molecule has 0 spiro atoms. The summed E-state index contributed by atoms with van der Waals surface area (Å²) < 4.78 is 23.7. The number of hydrogen-bond donors (Lipinski definition) is 0. The Hall–Kier alpha value is -1.46. The molecule has 0 aliphatic carbocycles. The second-order valence-electron chi connectivity index (χ2n) is 8.44. The van der Waals surface area contributed by atoms with Crippen LogP contribution in [0.2, 0.25) is 0 Å². The molecule has 2 fully saturated rings. The molecule has 0 N–H and O–H groups in total. The van der Waals surface area contributed by atoms with E-state index in [2.05, 4.69) is 50.2 Å². The number of fused-ring (bicyclic) bond motifs is 1. The minimum Gasteiger partial charge on any atom is -0.380 e. The third-order valence-corrected chi connectivity index (χ3v) is 7.10. The number of rotatable bonds is 8. The van der Waals surface area contributed by atoms with Gasteiger partial charge >= 0.3 is 0 Å². The van der Waals surface area contributed by atoms with Gasteiger partial charge in [0.15, 0.2) is 0 Å². The molecule has 152 valence electrons. The number of hydrogen-bond acceptors (Lipinski definition) is 4. The third kappa shape index (κ3) is 2.89. The van der Waals surface area contributed by atoms with Crippen LogP contribution in [0.3, 0.4) is 0 Å². The Morgan fingerprint density at radius 2 is 1.39 bits per heavy atom. The number of ether oxygens (including phenoxy) is 4. The van der Waals surface area contributed by atoms with Gasteiger partial charge in [-0.2, -0.15) is 0 Å². The molecule has 0 radical (unpaired) electrons. The van der Waals surface area contributed by atoms with Crippen molar-refractivity contribution in [2.75, 3.05) is 40.6 Å². The van der Waals surface area contributed by atoms with Crippen LogP contribution in [0.15, 0.2) is 36.4 Å². The average molecular weight is 385 g/mol. The highest BCUT2D eigenvalue weighted by atomic mass is 16.5. The van der Waals surface area contributed by atoms with Crippen LogP contribution in [0.5, 0.6) is 0 Å². The molecule has 2 unspecified atom stereocenters. The van der Waals surface area contributed by atoms with E-state index in [0.717, 1.165) is 39.3 Å². The maximum Gasteiger partial charge on any atom is 0.0931 e. The first-order chi connectivity index (χ1) is 13.6. The normalized spacial score (nSPS) is 22.3. The second kappa shape index (κ2) is 7.75. The van der Waals surface area contributed by atoms with Gasteiger partial charge in [0.25, 0.3) is 0 Å². The summed E-state index contributed by atoms with van der Waals surface area (Å²) in [6, 6.07) is 13.1. The van der Waals surface area contributed by atoms with Gasteiger partial charge in [-0.3, -0.25) is 0 Å². The first-order valence-corrected chi connectivity index (χ1v) is 10.4. The maximum absolute atomic E-state index is 6.21. The molecule has 28 heavy (non-hydrogen) atoms. The summed E-state index contributed by atoms with van der Waals surface area (Å²) in [5, 5.41) is 2.49. The highest BCUT2D eigenvalue weighted by molar-refractivity contribution is 5.87. The van der Waals surface area contributed by atoms with Gasteiger partial charge in [-0.25, -0.2) is 0 Å². The molecule has 2 aromatic carbocycles. The van der Waals surface area contributed by atoms with E-state index < -0.39 is 0 Å². The lowest BCUT2D eigenvalue weighted by molar-refractivity contribution is -0.192. The van der Waals surface area contributed by atoms with E-state index in [1.807, 2.05) is 14.2 Å². The Morgan fingerprint density at radius 3 is 1.89 bits per heavy atom. The van der Waals surface area contributed by atoms with E-state index in [1.54, 1.807) is 0 Å². The summed E-state index contributed by atoms with van der Waals surface area (Å²) in [4.78, 5) is 0. The van der Waals surface area contributed by atoms with Crippen LogP contribution in [0.4, 0.5) is 0 Å². The Morgan fingerprint density at radius 1 is 0.821 bits per heavy atom. The van der Waals surface area contributed by atoms with Crippen LogP contribution in [0.25, 0.3) is 10.8 Å². The van der Waals surface area contributed by atoms with Gasteiger partial charge in [0.1, 0.15) is 0 Å². The van der Waals surface area contributed by atoms with Crippen LogP contribution >= 0.6 is 0 Å². The zero-order valence-corrected chi connectivity index (χ0v) is 17.5. The zero-order chi connectivity index (χ0) is 19.8. The number of benzene rings is 2. The molecule has 2 heterocycles. The first-order valence-electron chi connectivity index (χ1n) is 10.4. The smallest absolute Gasteiger partial charge is 0.0931 e. The molecule has 0 amide bonds. The van der Waals surface area contributed by atoms with Gasteiger partial charge < -0.3 is 18.9 Å². The third-order valence-electron chi connectivity index (χ3n) is 7.10. The Balaban J connectivity index is 1.93. The van der Waals surface area contributed by atoms with Gasteiger partial charge in [-0.05, 0) is 34.7 Å². The number of methoxy groups -OCH3 is 2. The maximum atomic E-state index is 6.21. The summed E-state index contributed by atoms with van der Waals surface area (Å²) >= 11 is 0. The van der Waals surface area contributed by atoms with Crippen molar-refractivity contribution in [2.45, 2.75) is 38.9 Å². The van der Waals surface area contributed by atoms with Gasteiger partial charge in [0.05, 0.1) is 38.6 Å². The highest BCUT2D eigenvalue weighted by Gasteiger charge is 2.50. The average Bonchev–Trinajstić information content (AvgIpc) is 2.67. The first kappa shape index (κ1) is 19.8. The lowest BCUT2D eigenvalue weighted by atomic mass is 9.69. The largest absolute Gasteiger partial charge is 0.380 e. The van der Waals surface area contributed by atoms with Gasteiger partial charge in [-0.1, -0.05) is 50.2 Å². The fourth-order valence-corrected chi connectivity index (χ4v) is 5.02. The van der Waals surface area contributed by atoms with Crippen molar-refractivity contribution < 1.29 is 18.9 Å². The predicted octanol–water partition coefficient (Wildman–Crippen LogP) is 5.07. The molecular formula is C24H32O4. The van der Waals surface area contributed by atoms with Gasteiger partial charge in [-0.15, -0.1) is 0 Å². The van der Waals surface area contributed by atoms with Gasteiger partial charge in [0, 0.05) is 25.0 Å². The van der Waals surface area contributed by atoms with Crippen molar-refractivity contribution in [2.24, 2.45) is 10.8 Å². The minimum absolute atomic E-state index is 0.0153. The van der Waals surface area contributed by atoms with Crippen molar-refractivity contribution in [3.05, 3.63) is 47.5 Å². The summed E-state index contributed by atoms with van der Waals surface area (Å²) in [7, 11) is 3.65. The molecular weight excluding hydrogens is 352 g/mol. The van der Waals surface area contributed by atoms with Crippen molar-refractivity contribution in [3.63, 3.8) is 0 Å². The molecule has 4 nitrogen and oxygen atoms in total. The molecule has 0 aromatic heterocycles. The fraction of sp³-hybridized carbons (Fsp3) is 0.583. The quantitative estimate of drug-likeness (QED) is 0.637. The fourth-order valence-electron chi connectivity index (χ4n) is 5.02. The van der Waals surface area contributed by atoms with Crippen LogP contribution in [0.1, 0.15) is 50.0 Å². The molecule has 2 aliphatic heterocycles. The van der Waals surface area contributed by atoms with Crippen LogP contribution in [-0.4, -0.2) is 40.6 Å². The summed E-state index contributed by atoms with van der Waals surface area (Å²) in [6.45, 7) is 7.44. The van der Waals surface area contributed by atoms with E-state index in [1.165, 1.54) is 21.9 Å². The minimum atomic E-state index is -0.0279. The second-order valence-corrected chi connectivity index (χ2v) is 8.44. The van der Waals surface area contributed by atoms with E-state index in [4.69, 9.17) is 18.9 Å². The Kier molecular flexibility index (Phi) is 5.49. The van der Waals surface area contributed by atoms with Crippen LogP contribution in [-0.2, 0) is 18.9 Å². The van der Waals surface area contributed by atoms with E-state index in [-0.39, 0.29) is 23.0 Å². The van der Waals surface area contributed by atoms with Crippen LogP contribution in [0, 0.1) is 10.8 Å². The van der Waals surface area contributed by atoms with E-state index >= 15 is 0 Å². The van der Waals surface area contributed by atoms with Gasteiger partial charge in [0.2, 0.25) is 0 Å². The summed E-state index contributed by atoms with van der Waals surface area (Å²) in [6.07, 6.45) is 2.00. The molecule has 0 bridgehead atoms. The van der Waals surface area contributed by atoms with Crippen LogP contribution < -0.4 is 0 Å². The molecule has 4 heteroatoms. The topological polar surface area (TPSA) is 36.9 Å². The van der Waals surface area contributed by atoms with Crippen molar-refractivity contribution in [3.8, 4) is 0 Å². The van der Waals surface area contributed by atoms with E-state index in [0.29, 0.717) is 0 Å². The summed E-state index contributed by atoms with van der Waals surface area (Å²) in [5.74, 6) is 0. The van der Waals surface area contributed by atoms with E-state index in [9.17, 15) is 0 Å². The zero-order valence-electron chi connectivity index (χ0n) is 17.5. The monoisotopic (exact) mass is 384 g/mol. The predicted molar refractivity (Wildman–Crippen MR) is 111 cm³/mol. The molecule has 2 aromatic rings. The summed E-state index contributed by atoms with van der Waals surface area (Å²) in [5.41, 5.74) is 2.54. The van der Waals surface area contributed by atoms with Crippen molar-refractivity contribution in [1.82, 2.24) is 0 Å². The molecule has 2 atom stereocenters. The molecule has 4 rings (SSSR count).